The zero-order valence-electron chi connectivity index (χ0n) is 13.3. The van der Waals surface area contributed by atoms with Crippen molar-refractivity contribution in [3.63, 3.8) is 0 Å². The maximum absolute atomic E-state index is 12.3. The molecule has 4 heteroatoms. The minimum Gasteiger partial charge on any atom is -0.439 e. The van der Waals surface area contributed by atoms with Crippen LogP contribution < -0.4 is 0 Å². The Morgan fingerprint density at radius 3 is 2.48 bits per heavy atom. The fraction of sp³-hybridized carbons (Fsp3) is 0.588. The Morgan fingerprint density at radius 2 is 1.90 bits per heavy atom. The van der Waals surface area contributed by atoms with Gasteiger partial charge in [-0.15, -0.1) is 11.8 Å². The van der Waals surface area contributed by atoms with Crippen LogP contribution in [0.3, 0.4) is 0 Å². The molecule has 1 aliphatic heterocycles. The van der Waals surface area contributed by atoms with E-state index in [1.54, 1.807) is 11.8 Å². The third-order valence-corrected chi connectivity index (χ3v) is 4.83. The molecule has 1 saturated heterocycles. The summed E-state index contributed by atoms with van der Waals surface area (Å²) in [5.41, 5.74) is 1.09. The predicted octanol–water partition coefficient (Wildman–Crippen LogP) is 4.84. The van der Waals surface area contributed by atoms with Crippen LogP contribution in [0.4, 0.5) is 4.79 Å². The van der Waals surface area contributed by atoms with Gasteiger partial charge in [0, 0.05) is 4.75 Å². The smallest absolute Gasteiger partial charge is 0.411 e. The fourth-order valence-electron chi connectivity index (χ4n) is 2.50. The summed E-state index contributed by atoms with van der Waals surface area (Å²) in [6.45, 7) is 8.66. The minimum absolute atomic E-state index is 0.139. The average molecular weight is 307 g/mol. The Bertz CT molecular complexity index is 469. The summed E-state index contributed by atoms with van der Waals surface area (Å²) in [6.07, 6.45) is 1.69. The van der Waals surface area contributed by atoms with E-state index in [4.69, 9.17) is 4.74 Å². The number of thioether (sulfide) groups is 1. The second kappa shape index (κ2) is 6.73. The molecule has 0 N–H and O–H groups in total. The van der Waals surface area contributed by atoms with Crippen LogP contribution in [-0.4, -0.2) is 27.7 Å². The first-order valence-electron chi connectivity index (χ1n) is 7.58. The van der Waals surface area contributed by atoms with E-state index in [2.05, 4.69) is 27.7 Å². The monoisotopic (exact) mass is 307 g/mol. The van der Waals surface area contributed by atoms with Crippen LogP contribution in [0.2, 0.25) is 0 Å². The molecule has 0 aliphatic carbocycles. The van der Waals surface area contributed by atoms with Gasteiger partial charge in [0.2, 0.25) is 0 Å². The number of nitrogens with zero attached hydrogens (tertiary/aromatic N) is 1. The maximum atomic E-state index is 12.3. The molecule has 2 rings (SSSR count). The summed E-state index contributed by atoms with van der Waals surface area (Å²) < 4.78 is 5.80. The zero-order chi connectivity index (χ0) is 15.5. The Balaban J connectivity index is 2.15. The number of cyclic esters (lactones) is 1. The van der Waals surface area contributed by atoms with Crippen molar-refractivity contribution in [3.8, 4) is 0 Å². The van der Waals surface area contributed by atoms with Crippen molar-refractivity contribution >= 4 is 17.9 Å². The second-order valence-corrected chi connectivity index (χ2v) is 8.20. The summed E-state index contributed by atoms with van der Waals surface area (Å²) >= 11 is 1.79. The number of ether oxygens (including phenoxy) is 1. The van der Waals surface area contributed by atoms with Crippen molar-refractivity contribution in [1.29, 1.82) is 0 Å². The van der Waals surface area contributed by atoms with Gasteiger partial charge in [0.15, 0.2) is 0 Å². The Labute approximate surface area is 132 Å². The van der Waals surface area contributed by atoms with Gasteiger partial charge in [-0.25, -0.2) is 4.79 Å². The Morgan fingerprint density at radius 1 is 1.24 bits per heavy atom. The SMILES string of the molecule is CCC[C@H]1[C@@H](c2ccccc2)OC(=O)N1CSC(C)(C)C. The fourth-order valence-corrected chi connectivity index (χ4v) is 3.32. The molecule has 1 aromatic carbocycles. The maximum Gasteiger partial charge on any atom is 0.411 e. The highest BCUT2D eigenvalue weighted by atomic mass is 32.2. The van der Waals surface area contributed by atoms with Crippen molar-refractivity contribution in [1.82, 2.24) is 4.90 Å². The highest BCUT2D eigenvalue weighted by Crippen LogP contribution is 2.37. The second-order valence-electron chi connectivity index (χ2n) is 6.43. The highest BCUT2D eigenvalue weighted by Gasteiger charge is 2.42. The molecule has 0 spiro atoms. The van der Waals surface area contributed by atoms with Crippen molar-refractivity contribution in [2.75, 3.05) is 5.88 Å². The van der Waals surface area contributed by atoms with Crippen LogP contribution in [0.5, 0.6) is 0 Å². The van der Waals surface area contributed by atoms with E-state index >= 15 is 0 Å². The summed E-state index contributed by atoms with van der Waals surface area (Å²) in [4.78, 5) is 14.2. The van der Waals surface area contributed by atoms with Crippen LogP contribution in [-0.2, 0) is 4.74 Å². The van der Waals surface area contributed by atoms with Gasteiger partial charge in [0.1, 0.15) is 6.10 Å². The number of carbonyl (C=O) groups excluding carboxylic acids is 1. The third kappa shape index (κ3) is 4.16. The van der Waals surface area contributed by atoms with E-state index in [1.165, 1.54) is 0 Å². The molecule has 1 amide bonds. The molecule has 0 radical (unpaired) electrons. The average Bonchev–Trinajstić information content (AvgIpc) is 2.74. The summed E-state index contributed by atoms with van der Waals surface area (Å²) in [5, 5.41) is 0. The van der Waals surface area contributed by atoms with E-state index in [9.17, 15) is 4.79 Å². The largest absolute Gasteiger partial charge is 0.439 e. The lowest BCUT2D eigenvalue weighted by molar-refractivity contribution is 0.129. The van der Waals surface area contributed by atoms with E-state index in [-0.39, 0.29) is 23.0 Å². The molecule has 0 unspecified atom stereocenters. The number of carbonyl (C=O) groups is 1. The predicted molar refractivity (Wildman–Crippen MR) is 88.4 cm³/mol. The number of rotatable bonds is 5. The first-order valence-corrected chi connectivity index (χ1v) is 8.57. The van der Waals surface area contributed by atoms with Crippen LogP contribution in [0.1, 0.15) is 52.2 Å². The molecule has 0 aromatic heterocycles. The van der Waals surface area contributed by atoms with Crippen LogP contribution in [0.15, 0.2) is 30.3 Å². The highest BCUT2D eigenvalue weighted by molar-refractivity contribution is 8.00. The number of amides is 1. The van der Waals surface area contributed by atoms with Gasteiger partial charge < -0.3 is 4.74 Å². The van der Waals surface area contributed by atoms with Crippen LogP contribution in [0.25, 0.3) is 0 Å². The summed E-state index contributed by atoms with van der Waals surface area (Å²) in [6, 6.07) is 10.2. The molecule has 1 fully saturated rings. The lowest BCUT2D eigenvalue weighted by Gasteiger charge is -2.27. The minimum atomic E-state index is -0.181. The first kappa shape index (κ1) is 16.2. The molecule has 0 bridgehead atoms. The van der Waals surface area contributed by atoms with Gasteiger partial charge >= 0.3 is 6.09 Å². The van der Waals surface area contributed by atoms with E-state index < -0.39 is 0 Å². The van der Waals surface area contributed by atoms with E-state index in [1.807, 2.05) is 35.2 Å². The number of hydrogen-bond donors (Lipinski definition) is 0. The quantitative estimate of drug-likeness (QED) is 0.779. The Kier molecular flexibility index (Phi) is 5.20. The first-order chi connectivity index (χ1) is 9.92. The van der Waals surface area contributed by atoms with E-state index in [0.717, 1.165) is 18.4 Å². The van der Waals surface area contributed by atoms with E-state index in [0.29, 0.717) is 5.88 Å². The zero-order valence-corrected chi connectivity index (χ0v) is 14.2. The van der Waals surface area contributed by atoms with Crippen LogP contribution >= 0.6 is 11.8 Å². The lowest BCUT2D eigenvalue weighted by Crippen LogP contribution is -2.35. The van der Waals surface area contributed by atoms with Crippen molar-refractivity contribution in [2.45, 2.75) is 57.4 Å². The molecule has 3 nitrogen and oxygen atoms in total. The van der Waals surface area contributed by atoms with Gasteiger partial charge in [-0.1, -0.05) is 64.4 Å². The molecule has 116 valence electrons. The standard InChI is InChI=1S/C17H25NO2S/c1-5-9-14-15(13-10-7-6-8-11-13)20-16(19)18(14)12-21-17(2,3)4/h6-8,10-11,14-15H,5,9,12H2,1-4H3/t14-,15+/m0/s1. The van der Waals surface area contributed by atoms with Crippen molar-refractivity contribution in [2.24, 2.45) is 0 Å². The van der Waals surface area contributed by atoms with Gasteiger partial charge in [0.05, 0.1) is 11.9 Å². The molecular weight excluding hydrogens is 282 g/mol. The Hall–Kier alpha value is -1.16. The van der Waals surface area contributed by atoms with Crippen molar-refractivity contribution < 1.29 is 9.53 Å². The number of hydrogen-bond acceptors (Lipinski definition) is 3. The summed E-state index contributed by atoms with van der Waals surface area (Å²) in [5.74, 6) is 0.691. The lowest BCUT2D eigenvalue weighted by atomic mass is 9.99. The van der Waals surface area contributed by atoms with Crippen LogP contribution in [0, 0.1) is 0 Å². The molecule has 2 atom stereocenters. The molecule has 1 aromatic rings. The van der Waals surface area contributed by atoms with Gasteiger partial charge in [-0.3, -0.25) is 4.90 Å². The number of benzene rings is 1. The molecule has 1 heterocycles. The molecule has 1 aliphatic rings. The van der Waals surface area contributed by atoms with Gasteiger partial charge in [-0.05, 0) is 12.0 Å². The summed E-state index contributed by atoms with van der Waals surface area (Å²) in [7, 11) is 0. The molecular formula is C17H25NO2S. The third-order valence-electron chi connectivity index (χ3n) is 3.56. The molecule has 0 saturated carbocycles. The topological polar surface area (TPSA) is 29.5 Å². The van der Waals surface area contributed by atoms with Gasteiger partial charge in [0.25, 0.3) is 0 Å². The van der Waals surface area contributed by atoms with Gasteiger partial charge in [-0.2, -0.15) is 0 Å². The normalized spacial score (nSPS) is 22.5. The van der Waals surface area contributed by atoms with Crippen molar-refractivity contribution in [3.05, 3.63) is 35.9 Å². The molecule has 21 heavy (non-hydrogen) atoms.